The van der Waals surface area contributed by atoms with Gasteiger partial charge in [-0.15, -0.1) is 0 Å². The first-order valence-corrected chi connectivity index (χ1v) is 10.2. The highest BCUT2D eigenvalue weighted by molar-refractivity contribution is 6.32. The zero-order chi connectivity index (χ0) is 22.8. The predicted octanol–water partition coefficient (Wildman–Crippen LogP) is 4.72. The molecule has 3 aromatic rings. The third-order valence-electron chi connectivity index (χ3n) is 5.47. The summed E-state index contributed by atoms with van der Waals surface area (Å²) in [6.45, 7) is 0.0171. The van der Waals surface area contributed by atoms with E-state index in [1.54, 1.807) is 0 Å². The number of amides is 1. The minimum Gasteiger partial charge on any atom is -0.506 e. The maximum Gasteiger partial charge on any atom is 0.407 e. The zero-order valence-corrected chi connectivity index (χ0v) is 17.5. The summed E-state index contributed by atoms with van der Waals surface area (Å²) in [6, 6.07) is 16.1. The number of rotatable bonds is 6. The van der Waals surface area contributed by atoms with Gasteiger partial charge < -0.3 is 20.3 Å². The smallest absolute Gasteiger partial charge is 0.407 e. The van der Waals surface area contributed by atoms with Crippen LogP contribution in [0.1, 0.15) is 22.6 Å². The van der Waals surface area contributed by atoms with Crippen LogP contribution in [0.25, 0.3) is 11.1 Å². The van der Waals surface area contributed by atoms with Gasteiger partial charge >= 0.3 is 12.1 Å². The highest BCUT2D eigenvalue weighted by Crippen LogP contribution is 2.44. The van der Waals surface area contributed by atoms with Crippen molar-refractivity contribution in [2.24, 2.45) is 0 Å². The summed E-state index contributed by atoms with van der Waals surface area (Å²) in [5, 5.41) is 21.5. The number of aliphatic carboxylic acids is 1. The molecule has 0 radical (unpaired) electrons. The van der Waals surface area contributed by atoms with Crippen LogP contribution in [0.2, 0.25) is 5.02 Å². The van der Waals surface area contributed by atoms with E-state index < -0.39 is 29.7 Å². The van der Waals surface area contributed by atoms with Crippen LogP contribution in [-0.4, -0.2) is 34.9 Å². The molecule has 0 saturated carbocycles. The zero-order valence-electron chi connectivity index (χ0n) is 16.7. The van der Waals surface area contributed by atoms with Gasteiger partial charge in [0.1, 0.15) is 24.2 Å². The number of carbonyl (C=O) groups is 2. The van der Waals surface area contributed by atoms with Crippen molar-refractivity contribution in [2.45, 2.75) is 18.4 Å². The molecule has 3 aromatic carbocycles. The third kappa shape index (κ3) is 4.24. The molecule has 1 aliphatic carbocycles. The minimum absolute atomic E-state index is 0.0171. The highest BCUT2D eigenvalue weighted by atomic mass is 35.5. The Kier molecular flexibility index (Phi) is 6.01. The Morgan fingerprint density at radius 1 is 1.06 bits per heavy atom. The first-order chi connectivity index (χ1) is 15.3. The Hall–Kier alpha value is -3.58. The molecule has 1 atom stereocenters. The summed E-state index contributed by atoms with van der Waals surface area (Å²) in [5.74, 6) is -2.71. The summed E-state index contributed by atoms with van der Waals surface area (Å²) in [4.78, 5) is 24.0. The lowest BCUT2D eigenvalue weighted by molar-refractivity contribution is -0.139. The number of ether oxygens (including phenoxy) is 1. The number of alkyl carbamates (subject to hydrolysis) is 1. The van der Waals surface area contributed by atoms with E-state index in [9.17, 15) is 24.2 Å². The van der Waals surface area contributed by atoms with Gasteiger partial charge in [-0.1, -0.05) is 60.1 Å². The molecule has 8 heteroatoms. The molecular formula is C24H19ClFNO5. The van der Waals surface area contributed by atoms with Crippen molar-refractivity contribution in [1.82, 2.24) is 5.32 Å². The lowest BCUT2D eigenvalue weighted by Crippen LogP contribution is -2.43. The Labute approximate surface area is 188 Å². The number of nitrogens with one attached hydrogen (secondary N) is 1. The van der Waals surface area contributed by atoms with Crippen molar-refractivity contribution in [3.63, 3.8) is 0 Å². The maximum absolute atomic E-state index is 13.6. The molecule has 0 aromatic heterocycles. The molecule has 32 heavy (non-hydrogen) atoms. The van der Waals surface area contributed by atoms with E-state index in [0.29, 0.717) is 0 Å². The molecule has 0 aliphatic heterocycles. The second kappa shape index (κ2) is 8.88. The van der Waals surface area contributed by atoms with Gasteiger partial charge in [-0.05, 0) is 34.4 Å². The van der Waals surface area contributed by atoms with Crippen LogP contribution < -0.4 is 5.32 Å². The number of carbonyl (C=O) groups excluding carboxylic acids is 1. The van der Waals surface area contributed by atoms with Gasteiger partial charge in [0.25, 0.3) is 0 Å². The van der Waals surface area contributed by atoms with Crippen molar-refractivity contribution >= 4 is 23.7 Å². The molecule has 0 spiro atoms. The van der Waals surface area contributed by atoms with E-state index in [1.165, 1.54) is 0 Å². The van der Waals surface area contributed by atoms with Crippen LogP contribution in [0.5, 0.6) is 5.75 Å². The van der Waals surface area contributed by atoms with Crippen LogP contribution in [0.4, 0.5) is 9.18 Å². The van der Waals surface area contributed by atoms with E-state index in [0.717, 1.165) is 34.4 Å². The van der Waals surface area contributed by atoms with Gasteiger partial charge in [-0.3, -0.25) is 0 Å². The summed E-state index contributed by atoms with van der Waals surface area (Å²) >= 11 is 5.74. The highest BCUT2D eigenvalue weighted by Gasteiger charge is 2.30. The van der Waals surface area contributed by atoms with Gasteiger partial charge in [0.2, 0.25) is 0 Å². The lowest BCUT2D eigenvalue weighted by Gasteiger charge is -2.18. The molecule has 6 nitrogen and oxygen atoms in total. The fourth-order valence-corrected chi connectivity index (χ4v) is 4.20. The van der Waals surface area contributed by atoms with Crippen LogP contribution in [0, 0.1) is 5.82 Å². The summed E-state index contributed by atoms with van der Waals surface area (Å²) in [6.07, 6.45) is -1.30. The molecule has 1 amide bonds. The number of halogens is 2. The molecule has 0 heterocycles. The minimum atomic E-state index is -1.45. The average Bonchev–Trinajstić information content (AvgIpc) is 3.09. The molecular weight excluding hydrogens is 437 g/mol. The van der Waals surface area contributed by atoms with Crippen molar-refractivity contribution in [3.05, 3.63) is 88.2 Å². The Morgan fingerprint density at radius 3 is 2.25 bits per heavy atom. The molecule has 1 unspecified atom stereocenters. The van der Waals surface area contributed by atoms with Crippen molar-refractivity contribution in [2.75, 3.05) is 6.61 Å². The molecule has 1 aliphatic rings. The number of fused-ring (bicyclic) bond motifs is 3. The predicted molar refractivity (Wildman–Crippen MR) is 116 cm³/mol. The summed E-state index contributed by atoms with van der Waals surface area (Å²) in [5.41, 5.74) is 4.14. The van der Waals surface area contributed by atoms with Crippen molar-refractivity contribution in [3.8, 4) is 16.9 Å². The van der Waals surface area contributed by atoms with E-state index >= 15 is 0 Å². The normalized spacial score (nSPS) is 13.2. The molecule has 3 N–H and O–H groups in total. The quantitative estimate of drug-likeness (QED) is 0.500. The Balaban J connectivity index is 1.46. The number of aromatic hydroxyl groups is 1. The fourth-order valence-electron chi connectivity index (χ4n) is 3.98. The van der Waals surface area contributed by atoms with Crippen LogP contribution in [0.3, 0.4) is 0 Å². The monoisotopic (exact) mass is 455 g/mol. The van der Waals surface area contributed by atoms with Crippen LogP contribution >= 0.6 is 11.6 Å². The van der Waals surface area contributed by atoms with Gasteiger partial charge in [-0.2, -0.15) is 0 Å². The van der Waals surface area contributed by atoms with E-state index in [1.807, 2.05) is 48.5 Å². The number of carboxylic acid groups (broad SMARTS) is 1. The van der Waals surface area contributed by atoms with Crippen LogP contribution in [0.15, 0.2) is 60.7 Å². The first-order valence-electron chi connectivity index (χ1n) is 9.86. The van der Waals surface area contributed by atoms with Gasteiger partial charge in [0.15, 0.2) is 0 Å². The number of hydrogen-bond donors (Lipinski definition) is 3. The topological polar surface area (TPSA) is 95.9 Å². The number of phenols is 1. The Bertz CT molecular complexity index is 1150. The second-order valence-corrected chi connectivity index (χ2v) is 7.87. The van der Waals surface area contributed by atoms with Gasteiger partial charge in [0, 0.05) is 17.9 Å². The largest absolute Gasteiger partial charge is 0.506 e. The lowest BCUT2D eigenvalue weighted by atomic mass is 9.98. The van der Waals surface area contributed by atoms with Gasteiger partial charge in [0.05, 0.1) is 5.02 Å². The van der Waals surface area contributed by atoms with Crippen LogP contribution in [-0.2, 0) is 16.0 Å². The standard InChI is InChI=1S/C24H19ClFNO5/c25-20-11-14(26)9-13(22(20)28)10-21(23(29)30)27-24(31)32-12-19-17-7-3-1-5-15(17)16-6-2-4-8-18(16)19/h1-9,11,19,21,28H,10,12H2,(H,27,31)(H,29,30). The molecule has 0 bridgehead atoms. The number of hydrogen-bond acceptors (Lipinski definition) is 4. The van der Waals surface area contributed by atoms with E-state index in [-0.39, 0.29) is 29.5 Å². The average molecular weight is 456 g/mol. The van der Waals surface area contributed by atoms with E-state index in [2.05, 4.69) is 5.32 Å². The number of benzene rings is 3. The number of phenolic OH excluding ortho intramolecular Hbond substituents is 1. The fraction of sp³-hybridized carbons (Fsp3) is 0.167. The van der Waals surface area contributed by atoms with Crippen molar-refractivity contribution in [1.29, 1.82) is 0 Å². The molecule has 164 valence electrons. The van der Waals surface area contributed by atoms with E-state index in [4.69, 9.17) is 16.3 Å². The maximum atomic E-state index is 13.6. The number of carboxylic acids is 1. The van der Waals surface area contributed by atoms with Crippen molar-refractivity contribution < 1.29 is 28.9 Å². The molecule has 4 rings (SSSR count). The Morgan fingerprint density at radius 2 is 1.66 bits per heavy atom. The SMILES string of the molecule is O=C(NC(Cc1cc(F)cc(Cl)c1O)C(=O)O)OCC1c2ccccc2-c2ccccc21. The summed E-state index contributed by atoms with van der Waals surface area (Å²) in [7, 11) is 0. The molecule has 0 saturated heterocycles. The third-order valence-corrected chi connectivity index (χ3v) is 5.75. The van der Waals surface area contributed by atoms with Gasteiger partial charge in [-0.25, -0.2) is 14.0 Å². The molecule has 0 fully saturated rings. The first kappa shape index (κ1) is 21.6. The summed E-state index contributed by atoms with van der Waals surface area (Å²) < 4.78 is 19.0. The second-order valence-electron chi connectivity index (χ2n) is 7.46.